The molecule has 3 aromatic carbocycles. The van der Waals surface area contributed by atoms with Crippen molar-refractivity contribution in [3.05, 3.63) is 106 Å². The minimum atomic E-state index is -0.497. The SMILES string of the molecule is COc1ccc(C(=O)/C=C/c2ccc3ccn(Cc4cccc(Br)c4)c3c2)c2c1C=CC(C)(C)O2. The van der Waals surface area contributed by atoms with Crippen molar-refractivity contribution in [1.29, 1.82) is 0 Å². The highest BCUT2D eigenvalue weighted by Crippen LogP contribution is 2.40. The van der Waals surface area contributed by atoms with Gasteiger partial charge in [-0.3, -0.25) is 4.79 Å². The lowest BCUT2D eigenvalue weighted by atomic mass is 9.97. The van der Waals surface area contributed by atoms with Crippen molar-refractivity contribution in [3.63, 3.8) is 0 Å². The van der Waals surface area contributed by atoms with Crippen LogP contribution in [0.1, 0.15) is 40.9 Å². The molecule has 35 heavy (non-hydrogen) atoms. The number of allylic oxidation sites excluding steroid dienone is 1. The Balaban J connectivity index is 1.43. The number of carbonyl (C=O) groups is 1. The number of ether oxygens (including phenoxy) is 2. The minimum Gasteiger partial charge on any atom is -0.496 e. The van der Waals surface area contributed by atoms with E-state index < -0.39 is 5.60 Å². The summed E-state index contributed by atoms with van der Waals surface area (Å²) in [5.74, 6) is 1.13. The number of aromatic nitrogens is 1. The van der Waals surface area contributed by atoms with E-state index in [1.54, 1.807) is 19.3 Å². The molecule has 0 amide bonds. The van der Waals surface area contributed by atoms with Crippen LogP contribution in [0, 0.1) is 0 Å². The normalized spacial score (nSPS) is 14.2. The number of fused-ring (bicyclic) bond motifs is 2. The molecule has 0 radical (unpaired) electrons. The van der Waals surface area contributed by atoms with Crippen LogP contribution < -0.4 is 9.47 Å². The molecule has 0 aliphatic carbocycles. The molecule has 0 bridgehead atoms. The molecule has 0 spiro atoms. The molecule has 2 heterocycles. The van der Waals surface area contributed by atoms with Gasteiger partial charge in [-0.05, 0) is 85.0 Å². The fourth-order valence-corrected chi connectivity index (χ4v) is 4.79. The van der Waals surface area contributed by atoms with Gasteiger partial charge in [0.2, 0.25) is 0 Å². The zero-order valence-corrected chi connectivity index (χ0v) is 21.5. The van der Waals surface area contributed by atoms with E-state index in [1.165, 1.54) is 5.56 Å². The van der Waals surface area contributed by atoms with E-state index in [-0.39, 0.29) is 5.78 Å². The number of carbonyl (C=O) groups excluding carboxylic acids is 1. The Kier molecular flexibility index (Phi) is 6.12. The van der Waals surface area contributed by atoms with Gasteiger partial charge in [-0.1, -0.05) is 46.3 Å². The molecule has 1 aliphatic heterocycles. The maximum absolute atomic E-state index is 13.2. The highest BCUT2D eigenvalue weighted by molar-refractivity contribution is 9.10. The van der Waals surface area contributed by atoms with Gasteiger partial charge in [-0.2, -0.15) is 0 Å². The van der Waals surface area contributed by atoms with Gasteiger partial charge < -0.3 is 14.0 Å². The summed E-state index contributed by atoms with van der Waals surface area (Å²) < 4.78 is 14.9. The predicted molar refractivity (Wildman–Crippen MR) is 145 cm³/mol. The van der Waals surface area contributed by atoms with Crippen LogP contribution in [0.3, 0.4) is 0 Å². The molecular formula is C30H26BrNO3. The number of hydrogen-bond donors (Lipinski definition) is 0. The summed E-state index contributed by atoms with van der Waals surface area (Å²) in [6, 6.07) is 20.2. The molecule has 4 aromatic rings. The maximum atomic E-state index is 13.2. The predicted octanol–water partition coefficient (Wildman–Crippen LogP) is 7.54. The second-order valence-electron chi connectivity index (χ2n) is 9.19. The highest BCUT2D eigenvalue weighted by atomic mass is 79.9. The van der Waals surface area contributed by atoms with Crippen molar-refractivity contribution in [2.24, 2.45) is 0 Å². The van der Waals surface area contributed by atoms with Crippen molar-refractivity contribution in [2.75, 3.05) is 7.11 Å². The molecule has 5 heteroatoms. The second kappa shape index (κ2) is 9.23. The Hall–Kier alpha value is -3.57. The van der Waals surface area contributed by atoms with Gasteiger partial charge in [0.15, 0.2) is 5.78 Å². The van der Waals surface area contributed by atoms with Gasteiger partial charge in [-0.15, -0.1) is 0 Å². The lowest BCUT2D eigenvalue weighted by Gasteiger charge is -2.29. The average molecular weight is 528 g/mol. The third kappa shape index (κ3) is 4.82. The van der Waals surface area contributed by atoms with Crippen molar-refractivity contribution in [2.45, 2.75) is 26.0 Å². The zero-order valence-electron chi connectivity index (χ0n) is 19.9. The van der Waals surface area contributed by atoms with E-state index in [9.17, 15) is 4.79 Å². The molecule has 0 fully saturated rings. The summed E-state index contributed by atoms with van der Waals surface area (Å²) in [5.41, 5.74) is 4.11. The number of ketones is 1. The first kappa shape index (κ1) is 23.2. The Bertz CT molecular complexity index is 1490. The van der Waals surface area contributed by atoms with Crippen LogP contribution >= 0.6 is 15.9 Å². The first-order valence-corrected chi connectivity index (χ1v) is 12.3. The summed E-state index contributed by atoms with van der Waals surface area (Å²) >= 11 is 3.55. The molecule has 5 rings (SSSR count). The Morgan fingerprint density at radius 2 is 1.97 bits per heavy atom. The molecular weight excluding hydrogens is 502 g/mol. The molecule has 0 saturated carbocycles. The topological polar surface area (TPSA) is 40.5 Å². The molecule has 1 aromatic heterocycles. The van der Waals surface area contributed by atoms with Gasteiger partial charge in [0.05, 0.1) is 18.2 Å². The van der Waals surface area contributed by atoms with Crippen molar-refractivity contribution in [1.82, 2.24) is 4.57 Å². The van der Waals surface area contributed by atoms with Crippen molar-refractivity contribution in [3.8, 4) is 11.5 Å². The van der Waals surface area contributed by atoms with E-state index in [4.69, 9.17) is 9.47 Å². The van der Waals surface area contributed by atoms with Gasteiger partial charge in [0.25, 0.3) is 0 Å². The lowest BCUT2D eigenvalue weighted by Crippen LogP contribution is -2.28. The number of rotatable bonds is 6. The second-order valence-corrected chi connectivity index (χ2v) is 10.1. The molecule has 4 nitrogen and oxygen atoms in total. The van der Waals surface area contributed by atoms with Crippen LogP contribution in [0.4, 0.5) is 0 Å². The minimum absolute atomic E-state index is 0.111. The highest BCUT2D eigenvalue weighted by Gasteiger charge is 2.27. The summed E-state index contributed by atoms with van der Waals surface area (Å²) in [7, 11) is 1.62. The van der Waals surface area contributed by atoms with Gasteiger partial charge in [0.1, 0.15) is 17.1 Å². The standard InChI is InChI=1S/C30H26BrNO3/c1-30(2)15-13-25-28(34-3)12-10-24(29(25)35-30)27(33)11-8-20-7-9-22-14-16-32(26(22)18-20)19-21-5-4-6-23(31)17-21/h4-18H,19H2,1-3H3/b11-8+. The average Bonchev–Trinajstić information content (AvgIpc) is 3.23. The van der Waals surface area contributed by atoms with Crippen LogP contribution in [0.25, 0.3) is 23.1 Å². The molecule has 1 aliphatic rings. The quantitative estimate of drug-likeness (QED) is 0.192. The fraction of sp³-hybridized carbons (Fsp3) is 0.167. The van der Waals surface area contributed by atoms with Crippen LogP contribution in [0.2, 0.25) is 0 Å². The van der Waals surface area contributed by atoms with E-state index in [2.05, 4.69) is 57.0 Å². The summed E-state index contributed by atoms with van der Waals surface area (Å²) in [5, 5.41) is 1.16. The Labute approximate surface area is 213 Å². The Morgan fingerprint density at radius 3 is 2.77 bits per heavy atom. The molecule has 0 atom stereocenters. The van der Waals surface area contributed by atoms with Crippen LogP contribution in [-0.2, 0) is 6.54 Å². The van der Waals surface area contributed by atoms with Crippen molar-refractivity contribution < 1.29 is 14.3 Å². The number of methoxy groups -OCH3 is 1. The van der Waals surface area contributed by atoms with E-state index in [0.29, 0.717) is 17.1 Å². The zero-order chi connectivity index (χ0) is 24.6. The van der Waals surface area contributed by atoms with E-state index in [0.717, 1.165) is 33.0 Å². The molecule has 0 unspecified atom stereocenters. The summed E-state index contributed by atoms with van der Waals surface area (Å²) in [6.45, 7) is 4.70. The molecule has 0 saturated heterocycles. The van der Waals surface area contributed by atoms with Crippen LogP contribution in [0.5, 0.6) is 11.5 Å². The van der Waals surface area contributed by atoms with Gasteiger partial charge in [-0.25, -0.2) is 0 Å². The summed E-state index contributed by atoms with van der Waals surface area (Å²) in [4.78, 5) is 13.2. The number of benzene rings is 3. The molecule has 176 valence electrons. The first-order chi connectivity index (χ1) is 16.8. The monoisotopic (exact) mass is 527 g/mol. The number of halogens is 1. The van der Waals surface area contributed by atoms with Crippen LogP contribution in [-0.4, -0.2) is 23.1 Å². The third-order valence-electron chi connectivity index (χ3n) is 6.13. The third-order valence-corrected chi connectivity index (χ3v) is 6.62. The van der Waals surface area contributed by atoms with Crippen LogP contribution in [0.15, 0.2) is 83.5 Å². The number of hydrogen-bond acceptors (Lipinski definition) is 3. The first-order valence-electron chi connectivity index (χ1n) is 11.5. The number of nitrogens with zero attached hydrogens (tertiary/aromatic N) is 1. The maximum Gasteiger partial charge on any atom is 0.189 e. The van der Waals surface area contributed by atoms with E-state index >= 15 is 0 Å². The fourth-order valence-electron chi connectivity index (χ4n) is 4.34. The smallest absolute Gasteiger partial charge is 0.189 e. The lowest BCUT2D eigenvalue weighted by molar-refractivity contribution is 0.103. The van der Waals surface area contributed by atoms with Crippen molar-refractivity contribution >= 4 is 44.8 Å². The van der Waals surface area contributed by atoms with E-state index in [1.807, 2.05) is 56.3 Å². The van der Waals surface area contributed by atoms with Gasteiger partial charge in [0, 0.05) is 22.7 Å². The van der Waals surface area contributed by atoms with Gasteiger partial charge >= 0.3 is 0 Å². The largest absolute Gasteiger partial charge is 0.496 e. The summed E-state index contributed by atoms with van der Waals surface area (Å²) in [6.07, 6.45) is 9.50. The Morgan fingerprint density at radius 1 is 1.11 bits per heavy atom. The molecule has 0 N–H and O–H groups in total.